The lowest BCUT2D eigenvalue weighted by molar-refractivity contribution is 0.448. The summed E-state index contributed by atoms with van der Waals surface area (Å²) in [5, 5.41) is 12.3. The van der Waals surface area contributed by atoms with Gasteiger partial charge in [-0.25, -0.2) is 4.98 Å². The molecule has 6 aromatic carbocycles. The van der Waals surface area contributed by atoms with Crippen molar-refractivity contribution in [3.8, 4) is 67.5 Å². The number of rotatable bonds is 7. The van der Waals surface area contributed by atoms with E-state index >= 15 is 0 Å². The molecule has 314 valence electrons. The number of benzene rings is 6. The van der Waals surface area contributed by atoms with Crippen LogP contribution >= 0.6 is 0 Å². The summed E-state index contributed by atoms with van der Waals surface area (Å²) < 4.78 is 122. The average Bonchev–Trinajstić information content (AvgIpc) is 3.71. The molecule has 8 aromatic rings. The molecular formula is C58H61N3O. The minimum atomic E-state index is -3.81. The van der Waals surface area contributed by atoms with E-state index in [4.69, 9.17) is 29.2 Å². The summed E-state index contributed by atoms with van der Waals surface area (Å²) in [6, 6.07) is 31.0. The van der Waals surface area contributed by atoms with Gasteiger partial charge in [0.2, 0.25) is 0 Å². The highest BCUT2D eigenvalue weighted by molar-refractivity contribution is 5.98. The second kappa shape index (κ2) is 15.9. The summed E-state index contributed by atoms with van der Waals surface area (Å²) in [6.07, 6.45) is 1.43. The first-order valence-electron chi connectivity index (χ1n) is 27.8. The summed E-state index contributed by atoms with van der Waals surface area (Å²) in [6.45, 7) is 6.62. The number of hydrogen-bond donors (Lipinski definition) is 1. The highest BCUT2D eigenvalue weighted by atomic mass is 16.3. The zero-order chi connectivity index (χ0) is 56.2. The van der Waals surface area contributed by atoms with Crippen molar-refractivity contribution in [2.75, 3.05) is 0 Å². The number of fused-ring (bicyclic) bond motifs is 1. The van der Waals surface area contributed by atoms with E-state index in [-0.39, 0.29) is 16.9 Å². The van der Waals surface area contributed by atoms with Gasteiger partial charge in [-0.2, -0.15) is 0 Å². The Bertz CT molecular complexity index is 3510. The fourth-order valence-electron chi connectivity index (χ4n) is 7.92. The molecule has 0 aliphatic rings. The smallest absolute Gasteiger partial charge is 0.149 e. The van der Waals surface area contributed by atoms with Gasteiger partial charge in [0.25, 0.3) is 0 Å². The van der Waals surface area contributed by atoms with Gasteiger partial charge in [-0.15, -0.1) is 0 Å². The maximum Gasteiger partial charge on any atom is 0.149 e. The molecule has 0 radical (unpaired) electrons. The third kappa shape index (κ3) is 8.23. The van der Waals surface area contributed by atoms with E-state index in [2.05, 4.69) is 52.2 Å². The third-order valence-corrected chi connectivity index (χ3v) is 11.3. The Labute approximate surface area is 389 Å². The third-order valence-electron chi connectivity index (χ3n) is 11.3. The standard InChI is InChI=1S/C58H61N3O/c1-36(2)40-23-26-51(47(34-40)39-17-14-13-15-18-39)61-52-20-16-19-46(53(52)60-55(61)48-29-37(3)30-49(54(48)62)58(10,11)12)42-31-43(33-45(32-42)57(7,8)9)50-35-41(27-28-59-50)38-21-24-44(25-22-38)56(4,5)6/h13-36,62H,1-12H3/i4D3,5D3,6D3,21D,22D,24D,25D,36D. The summed E-state index contributed by atoms with van der Waals surface area (Å²) >= 11 is 0. The number of aromatic hydroxyl groups is 1. The fourth-order valence-corrected chi connectivity index (χ4v) is 7.92. The SMILES string of the molecule is [2H]c1c([2H])c(C(C([2H])([2H])[2H])(C([2H])([2H])[2H])C([2H])([2H])[2H])c([2H])c([2H])c1-c1ccnc(-c2cc(-c3cccc4c3nc(-c3cc(C)cc(C(C)(C)C)c3O)n4-c3ccc(C([2H])(C)C)cc3-c3ccccc3)cc(C(C)(C)C)c2)c1. The van der Waals surface area contributed by atoms with Crippen molar-refractivity contribution >= 4 is 11.0 Å². The van der Waals surface area contributed by atoms with Crippen LogP contribution in [0.4, 0.5) is 0 Å². The maximum absolute atomic E-state index is 12.3. The first-order valence-corrected chi connectivity index (χ1v) is 20.8. The molecule has 8 rings (SSSR count). The van der Waals surface area contributed by atoms with E-state index in [0.29, 0.717) is 28.2 Å². The molecule has 0 saturated carbocycles. The zero-order valence-corrected chi connectivity index (χ0v) is 36.8. The second-order valence-electron chi connectivity index (χ2n) is 18.5. The van der Waals surface area contributed by atoms with Crippen molar-refractivity contribution in [3.63, 3.8) is 0 Å². The van der Waals surface area contributed by atoms with Crippen LogP contribution in [-0.2, 0) is 16.2 Å². The Morgan fingerprint density at radius 2 is 1.35 bits per heavy atom. The number of nitrogens with zero attached hydrogens (tertiary/aromatic N) is 3. The minimum absolute atomic E-state index is 0.104. The number of hydrogen-bond acceptors (Lipinski definition) is 3. The van der Waals surface area contributed by atoms with Crippen molar-refractivity contribution in [1.29, 1.82) is 0 Å². The lowest BCUT2D eigenvalue weighted by atomic mass is 9.83. The van der Waals surface area contributed by atoms with Crippen molar-refractivity contribution in [2.24, 2.45) is 0 Å². The van der Waals surface area contributed by atoms with Gasteiger partial charge in [-0.3, -0.25) is 9.55 Å². The van der Waals surface area contributed by atoms with Crippen molar-refractivity contribution in [1.82, 2.24) is 14.5 Å². The molecule has 0 aliphatic carbocycles. The van der Waals surface area contributed by atoms with E-state index < -0.39 is 72.4 Å². The predicted octanol–water partition coefficient (Wildman–Crippen LogP) is 15.8. The molecule has 4 nitrogen and oxygen atoms in total. The van der Waals surface area contributed by atoms with Crippen LogP contribution in [0.15, 0.2) is 140 Å². The maximum atomic E-state index is 12.3. The van der Waals surface area contributed by atoms with Crippen molar-refractivity contribution in [3.05, 3.63) is 167 Å². The van der Waals surface area contributed by atoms with Gasteiger partial charge in [-0.1, -0.05) is 161 Å². The number of phenolic OH excluding ortho intramolecular Hbond substituents is 1. The van der Waals surface area contributed by atoms with Crippen LogP contribution in [0.2, 0.25) is 0 Å². The topological polar surface area (TPSA) is 50.9 Å². The Morgan fingerprint density at radius 1 is 0.629 bits per heavy atom. The Hall–Kier alpha value is -6.26. The van der Waals surface area contributed by atoms with Crippen molar-refractivity contribution < 1.29 is 24.3 Å². The molecule has 0 spiro atoms. The fraction of sp³-hybridized carbons (Fsp3) is 0.276. The molecule has 0 atom stereocenters. The van der Waals surface area contributed by atoms with Gasteiger partial charge in [0.1, 0.15) is 11.6 Å². The van der Waals surface area contributed by atoms with Crippen LogP contribution in [0, 0.1) is 6.92 Å². The molecule has 62 heavy (non-hydrogen) atoms. The van der Waals surface area contributed by atoms with E-state index in [1.165, 1.54) is 12.3 Å². The molecule has 0 unspecified atom stereocenters. The van der Waals surface area contributed by atoms with Gasteiger partial charge in [-0.05, 0) is 122 Å². The number of aryl methyl sites for hydroxylation is 1. The second-order valence-corrected chi connectivity index (χ2v) is 18.5. The number of phenols is 1. The van der Waals surface area contributed by atoms with Crippen LogP contribution in [0.25, 0.3) is 72.7 Å². The largest absolute Gasteiger partial charge is 0.507 e. The predicted molar refractivity (Wildman–Crippen MR) is 263 cm³/mol. The van der Waals surface area contributed by atoms with Gasteiger partial charge < -0.3 is 5.11 Å². The van der Waals surface area contributed by atoms with E-state index in [1.54, 1.807) is 6.07 Å². The highest BCUT2D eigenvalue weighted by Crippen LogP contribution is 2.45. The normalized spacial score (nSPS) is 16.5. The molecule has 0 amide bonds. The Kier molecular flexibility index (Phi) is 7.27. The molecule has 2 heterocycles. The first-order chi connectivity index (χ1) is 35.0. The summed E-state index contributed by atoms with van der Waals surface area (Å²) in [5.41, 5.74) is 4.25. The van der Waals surface area contributed by atoms with Crippen LogP contribution in [-0.4, -0.2) is 19.6 Å². The minimum Gasteiger partial charge on any atom is -0.507 e. The van der Waals surface area contributed by atoms with Gasteiger partial charge in [0, 0.05) is 42.2 Å². The van der Waals surface area contributed by atoms with Gasteiger partial charge in [0.05, 0.1) is 33.5 Å². The van der Waals surface area contributed by atoms with Crippen molar-refractivity contribution in [2.45, 2.75) is 105 Å². The summed E-state index contributed by atoms with van der Waals surface area (Å²) in [5.74, 6) is -0.322. The molecule has 1 N–H and O–H groups in total. The van der Waals surface area contributed by atoms with E-state index in [1.807, 2.05) is 112 Å². The van der Waals surface area contributed by atoms with E-state index in [0.717, 1.165) is 55.7 Å². The number of imidazole rings is 1. The molecule has 0 fully saturated rings. The monoisotopic (exact) mass is 830 g/mol. The number of pyridine rings is 1. The molecule has 4 heteroatoms. The lowest BCUT2D eigenvalue weighted by Gasteiger charge is -2.23. The Balaban J connectivity index is 1.40. The lowest BCUT2D eigenvalue weighted by Crippen LogP contribution is -2.12. The van der Waals surface area contributed by atoms with Crippen LogP contribution < -0.4 is 0 Å². The summed E-state index contributed by atoms with van der Waals surface area (Å²) in [4.78, 5) is 10.2. The molecule has 2 aromatic heterocycles. The molecule has 0 saturated heterocycles. The van der Waals surface area contributed by atoms with Crippen LogP contribution in [0.1, 0.15) is 129 Å². The van der Waals surface area contributed by atoms with Gasteiger partial charge >= 0.3 is 0 Å². The Morgan fingerprint density at radius 3 is 2.03 bits per heavy atom. The molecule has 0 bridgehead atoms. The number of para-hydroxylation sites is 1. The van der Waals surface area contributed by atoms with Crippen LogP contribution in [0.5, 0.6) is 5.75 Å². The first kappa shape index (κ1) is 28.4. The van der Waals surface area contributed by atoms with E-state index in [9.17, 15) is 5.11 Å². The van der Waals surface area contributed by atoms with Gasteiger partial charge in [0.15, 0.2) is 0 Å². The molecule has 0 aliphatic heterocycles. The summed E-state index contributed by atoms with van der Waals surface area (Å²) in [7, 11) is 0. The quantitative estimate of drug-likeness (QED) is 0.174. The zero-order valence-electron chi connectivity index (χ0n) is 50.8. The highest BCUT2D eigenvalue weighted by Gasteiger charge is 2.27. The van der Waals surface area contributed by atoms with Crippen LogP contribution in [0.3, 0.4) is 0 Å². The average molecular weight is 830 g/mol. The molecular weight excluding hydrogens is 755 g/mol. The number of aromatic nitrogens is 3.